The van der Waals surface area contributed by atoms with Crippen molar-refractivity contribution in [2.75, 3.05) is 19.7 Å². The molecule has 3 aliphatic rings. The van der Waals surface area contributed by atoms with Gasteiger partial charge in [-0.05, 0) is 19.8 Å². The van der Waals surface area contributed by atoms with Gasteiger partial charge in [-0.3, -0.25) is 4.79 Å². The minimum atomic E-state index is -1.31. The fraction of sp³-hybridized carbons (Fsp3) is 0.556. The van der Waals surface area contributed by atoms with Gasteiger partial charge in [-0.1, -0.05) is 30.3 Å². The van der Waals surface area contributed by atoms with Crippen LogP contribution >= 0.6 is 0 Å². The molecule has 3 heterocycles. The van der Waals surface area contributed by atoms with E-state index >= 15 is 0 Å². The third-order valence-electron chi connectivity index (χ3n) is 5.54. The van der Waals surface area contributed by atoms with Crippen molar-refractivity contribution < 1.29 is 24.2 Å². The van der Waals surface area contributed by atoms with Crippen LogP contribution in [-0.2, 0) is 9.47 Å². The average molecular weight is 331 g/mol. The second kappa shape index (κ2) is 5.29. The van der Waals surface area contributed by atoms with Gasteiger partial charge in [0, 0.05) is 30.5 Å². The number of carbonyl (C=O) groups is 2. The van der Waals surface area contributed by atoms with Crippen molar-refractivity contribution in [3.05, 3.63) is 35.9 Å². The van der Waals surface area contributed by atoms with Crippen molar-refractivity contribution in [1.82, 2.24) is 4.90 Å². The van der Waals surface area contributed by atoms with Gasteiger partial charge in [0.15, 0.2) is 11.6 Å². The minimum absolute atomic E-state index is 0.0730. The number of ether oxygens (including phenoxy) is 2. The third kappa shape index (κ3) is 2.09. The molecule has 3 aliphatic heterocycles. The summed E-state index contributed by atoms with van der Waals surface area (Å²) in [5.41, 5.74) is -0.365. The zero-order valence-corrected chi connectivity index (χ0v) is 13.6. The molecule has 3 fully saturated rings. The van der Waals surface area contributed by atoms with Gasteiger partial charge < -0.3 is 19.5 Å². The number of hydrogen-bond donors (Lipinski definition) is 1. The largest absolute Gasteiger partial charge is 0.450 e. The molecule has 1 aromatic carbocycles. The molecular formula is C18H21NO5. The zero-order valence-electron chi connectivity index (χ0n) is 13.6. The highest BCUT2D eigenvalue weighted by atomic mass is 16.7. The van der Waals surface area contributed by atoms with Crippen molar-refractivity contribution in [3.63, 3.8) is 0 Å². The van der Waals surface area contributed by atoms with Gasteiger partial charge in [0.25, 0.3) is 0 Å². The molecule has 0 aliphatic carbocycles. The molecule has 0 aromatic heterocycles. The van der Waals surface area contributed by atoms with E-state index in [1.54, 1.807) is 24.0 Å². The molecule has 0 saturated carbocycles. The van der Waals surface area contributed by atoms with Crippen LogP contribution in [0, 0.1) is 11.8 Å². The summed E-state index contributed by atoms with van der Waals surface area (Å²) in [6, 6.07) is 9.06. The van der Waals surface area contributed by atoms with Crippen LogP contribution < -0.4 is 0 Å². The first-order valence-corrected chi connectivity index (χ1v) is 8.42. The number of benzene rings is 1. The second-order valence-electron chi connectivity index (χ2n) is 6.95. The number of hydrogen-bond acceptors (Lipinski definition) is 5. The lowest BCUT2D eigenvalue weighted by Gasteiger charge is -2.44. The van der Waals surface area contributed by atoms with Crippen LogP contribution in [0.1, 0.15) is 30.1 Å². The number of rotatable bonds is 3. The quantitative estimate of drug-likeness (QED) is 0.855. The first kappa shape index (κ1) is 15.6. The fourth-order valence-electron chi connectivity index (χ4n) is 4.51. The Balaban J connectivity index is 1.58. The van der Waals surface area contributed by atoms with Gasteiger partial charge in [0.2, 0.25) is 0 Å². The van der Waals surface area contributed by atoms with Crippen LogP contribution in [0.25, 0.3) is 0 Å². The first-order valence-electron chi connectivity index (χ1n) is 8.42. The Hall–Kier alpha value is -1.92. The van der Waals surface area contributed by atoms with Gasteiger partial charge in [-0.2, -0.15) is 0 Å². The highest BCUT2D eigenvalue weighted by Gasteiger charge is 2.70. The third-order valence-corrected chi connectivity index (χ3v) is 5.54. The number of likely N-dealkylation sites (tertiary alicyclic amines) is 1. The predicted molar refractivity (Wildman–Crippen MR) is 84.3 cm³/mol. The number of amides is 1. The number of aliphatic hydroxyl groups is 1. The molecule has 0 radical (unpaired) electrons. The van der Waals surface area contributed by atoms with Gasteiger partial charge in [0.05, 0.1) is 6.61 Å². The van der Waals surface area contributed by atoms with E-state index in [9.17, 15) is 14.7 Å². The fourth-order valence-corrected chi connectivity index (χ4v) is 4.51. The summed E-state index contributed by atoms with van der Waals surface area (Å²) < 4.78 is 11.0. The maximum absolute atomic E-state index is 13.0. The van der Waals surface area contributed by atoms with Crippen molar-refractivity contribution in [2.45, 2.75) is 31.2 Å². The van der Waals surface area contributed by atoms with Crippen molar-refractivity contribution in [2.24, 2.45) is 11.8 Å². The first-order chi connectivity index (χ1) is 11.5. The molecule has 2 unspecified atom stereocenters. The molecule has 1 amide bonds. The summed E-state index contributed by atoms with van der Waals surface area (Å²) in [4.78, 5) is 26.6. The molecule has 24 heavy (non-hydrogen) atoms. The normalized spacial score (nSPS) is 36.7. The number of Topliss-reactive ketones (excluding diaryl/α,β-unsaturated/α-hetero) is 1. The number of piperidine rings is 1. The number of nitrogens with zero attached hydrogens (tertiary/aromatic N) is 1. The number of carbonyl (C=O) groups excluding carboxylic acids is 2. The molecule has 2 bridgehead atoms. The van der Waals surface area contributed by atoms with Crippen LogP contribution in [-0.4, -0.2) is 53.0 Å². The van der Waals surface area contributed by atoms with Crippen molar-refractivity contribution in [3.8, 4) is 0 Å². The Morgan fingerprint density at radius 2 is 1.88 bits per heavy atom. The van der Waals surface area contributed by atoms with Crippen molar-refractivity contribution >= 4 is 11.9 Å². The summed E-state index contributed by atoms with van der Waals surface area (Å²) in [5.74, 6) is -1.91. The summed E-state index contributed by atoms with van der Waals surface area (Å²) in [7, 11) is 0. The number of fused-ring (bicyclic) bond motifs is 1. The van der Waals surface area contributed by atoms with Crippen LogP contribution in [0.3, 0.4) is 0 Å². The Kier molecular flexibility index (Phi) is 3.44. The maximum Gasteiger partial charge on any atom is 0.409 e. The predicted octanol–water partition coefficient (Wildman–Crippen LogP) is 1.83. The van der Waals surface area contributed by atoms with Crippen LogP contribution in [0.4, 0.5) is 4.79 Å². The molecular weight excluding hydrogens is 310 g/mol. The molecule has 128 valence electrons. The zero-order chi connectivity index (χ0) is 16.9. The summed E-state index contributed by atoms with van der Waals surface area (Å²) in [5, 5.41) is 11.0. The van der Waals surface area contributed by atoms with Gasteiger partial charge in [0.1, 0.15) is 5.60 Å². The maximum atomic E-state index is 13.0. The highest BCUT2D eigenvalue weighted by Crippen LogP contribution is 2.59. The SMILES string of the molecule is CCOC(=O)N1C[C@@H]2CC3(C(=O)c4ccccc4)C[C@H](C1)C2(O)O3. The lowest BCUT2D eigenvalue weighted by molar-refractivity contribution is -0.228. The minimum Gasteiger partial charge on any atom is -0.450 e. The molecule has 4 rings (SSSR count). The average Bonchev–Trinajstić information content (AvgIpc) is 3.04. The molecule has 3 saturated heterocycles. The van der Waals surface area contributed by atoms with E-state index in [0.29, 0.717) is 38.1 Å². The van der Waals surface area contributed by atoms with Crippen LogP contribution in [0.2, 0.25) is 0 Å². The Morgan fingerprint density at radius 3 is 2.46 bits per heavy atom. The Bertz CT molecular complexity index is 657. The Labute approximate surface area is 140 Å². The second-order valence-corrected chi connectivity index (χ2v) is 6.95. The Morgan fingerprint density at radius 1 is 1.25 bits per heavy atom. The van der Waals surface area contributed by atoms with E-state index in [1.807, 2.05) is 18.2 Å². The van der Waals surface area contributed by atoms with E-state index in [0.717, 1.165) is 0 Å². The molecule has 6 nitrogen and oxygen atoms in total. The lowest BCUT2D eigenvalue weighted by atomic mass is 9.68. The van der Waals surface area contributed by atoms with Gasteiger partial charge in [-0.25, -0.2) is 4.79 Å². The lowest BCUT2D eigenvalue weighted by Crippen LogP contribution is -2.58. The van der Waals surface area contributed by atoms with E-state index in [2.05, 4.69) is 0 Å². The smallest absolute Gasteiger partial charge is 0.409 e. The summed E-state index contributed by atoms with van der Waals surface area (Å²) in [6.45, 7) is 2.80. The van der Waals surface area contributed by atoms with Crippen LogP contribution in [0.15, 0.2) is 30.3 Å². The van der Waals surface area contributed by atoms with E-state index in [1.165, 1.54) is 0 Å². The summed E-state index contributed by atoms with van der Waals surface area (Å²) in [6.07, 6.45) is 0.506. The number of ketones is 1. The molecule has 0 spiro atoms. The molecule has 6 heteroatoms. The summed E-state index contributed by atoms with van der Waals surface area (Å²) >= 11 is 0. The molecule has 1 N–H and O–H groups in total. The standard InChI is InChI=1S/C18H21NO5/c1-2-23-16(21)19-10-13-8-17(9-14(11-19)18(13,22)24-17)15(20)12-6-4-3-5-7-12/h3-7,13-14,22H,2,8-11H2,1H3/t13-,14+,17?,18?. The highest BCUT2D eigenvalue weighted by molar-refractivity contribution is 6.03. The van der Waals surface area contributed by atoms with E-state index in [-0.39, 0.29) is 23.7 Å². The van der Waals surface area contributed by atoms with Crippen molar-refractivity contribution in [1.29, 1.82) is 0 Å². The molecule has 1 aromatic rings. The topological polar surface area (TPSA) is 76.1 Å². The molecule has 4 atom stereocenters. The van der Waals surface area contributed by atoms with E-state index in [4.69, 9.17) is 9.47 Å². The van der Waals surface area contributed by atoms with Gasteiger partial charge in [-0.15, -0.1) is 0 Å². The van der Waals surface area contributed by atoms with E-state index < -0.39 is 11.4 Å². The monoisotopic (exact) mass is 331 g/mol. The van der Waals surface area contributed by atoms with Crippen LogP contribution in [0.5, 0.6) is 0 Å². The van der Waals surface area contributed by atoms with Gasteiger partial charge >= 0.3 is 6.09 Å².